The van der Waals surface area contributed by atoms with Gasteiger partial charge in [0.1, 0.15) is 11.4 Å². The predicted molar refractivity (Wildman–Crippen MR) is 109 cm³/mol. The third-order valence-corrected chi connectivity index (χ3v) is 5.40. The Hall–Kier alpha value is -3.08. The molecule has 5 nitrogen and oxygen atoms in total. The van der Waals surface area contributed by atoms with Crippen LogP contribution in [0.25, 0.3) is 5.57 Å². The first-order chi connectivity index (χ1) is 13.5. The number of nitrogens with zero attached hydrogens (tertiary/aromatic N) is 2. The summed E-state index contributed by atoms with van der Waals surface area (Å²) in [5.74, 6) is -0.0516. The summed E-state index contributed by atoms with van der Waals surface area (Å²) in [7, 11) is 1.55. The lowest BCUT2D eigenvalue weighted by atomic mass is 10.0. The number of carbonyl (C=O) groups is 2. The maximum atomic E-state index is 13.5. The van der Waals surface area contributed by atoms with Gasteiger partial charge in [0.15, 0.2) is 0 Å². The molecular weight excluding hydrogens is 352 g/mol. The lowest BCUT2D eigenvalue weighted by Crippen LogP contribution is -2.34. The molecule has 4 rings (SSSR count). The highest BCUT2D eigenvalue weighted by molar-refractivity contribution is 6.45. The minimum Gasteiger partial charge on any atom is -0.495 e. The third kappa shape index (κ3) is 2.97. The van der Waals surface area contributed by atoms with Gasteiger partial charge < -0.3 is 9.64 Å². The zero-order chi connectivity index (χ0) is 19.8. The van der Waals surface area contributed by atoms with Gasteiger partial charge in [-0.05, 0) is 49.9 Å². The lowest BCUT2D eigenvalue weighted by molar-refractivity contribution is -0.120. The number of carbonyl (C=O) groups excluding carboxylic acids is 2. The Labute approximate surface area is 165 Å². The molecule has 2 aromatic carbocycles. The topological polar surface area (TPSA) is 49.9 Å². The zero-order valence-corrected chi connectivity index (χ0v) is 16.5. The molecule has 0 saturated carbocycles. The van der Waals surface area contributed by atoms with E-state index in [0.29, 0.717) is 22.7 Å². The van der Waals surface area contributed by atoms with Gasteiger partial charge in [-0.25, -0.2) is 4.90 Å². The van der Waals surface area contributed by atoms with Crippen LogP contribution in [0.1, 0.15) is 29.5 Å². The van der Waals surface area contributed by atoms with Crippen molar-refractivity contribution in [1.29, 1.82) is 0 Å². The van der Waals surface area contributed by atoms with E-state index in [2.05, 4.69) is 4.90 Å². The summed E-state index contributed by atoms with van der Waals surface area (Å²) in [6, 6.07) is 13.3. The van der Waals surface area contributed by atoms with Crippen LogP contribution in [0.2, 0.25) is 0 Å². The van der Waals surface area contributed by atoms with E-state index in [1.807, 2.05) is 50.2 Å². The number of anilines is 1. The second-order valence-electron chi connectivity index (χ2n) is 7.40. The minimum absolute atomic E-state index is 0.272. The summed E-state index contributed by atoms with van der Waals surface area (Å²) in [5, 5.41) is 0. The van der Waals surface area contributed by atoms with E-state index in [4.69, 9.17) is 4.74 Å². The number of aryl methyl sites for hydroxylation is 2. The van der Waals surface area contributed by atoms with Crippen LogP contribution < -0.4 is 9.64 Å². The molecule has 0 N–H and O–H groups in total. The Morgan fingerprint density at radius 3 is 2.14 bits per heavy atom. The maximum Gasteiger partial charge on any atom is 0.282 e. The molecule has 2 aliphatic heterocycles. The number of methoxy groups -OCH3 is 1. The number of imide groups is 1. The number of hydrogen-bond acceptors (Lipinski definition) is 4. The van der Waals surface area contributed by atoms with Crippen LogP contribution >= 0.6 is 0 Å². The highest BCUT2D eigenvalue weighted by Crippen LogP contribution is 2.39. The lowest BCUT2D eigenvalue weighted by Gasteiger charge is -2.21. The zero-order valence-electron chi connectivity index (χ0n) is 16.5. The van der Waals surface area contributed by atoms with Crippen molar-refractivity contribution in [3.63, 3.8) is 0 Å². The van der Waals surface area contributed by atoms with Crippen LogP contribution in [0, 0.1) is 13.8 Å². The van der Waals surface area contributed by atoms with Crippen molar-refractivity contribution in [2.75, 3.05) is 25.1 Å². The van der Waals surface area contributed by atoms with Gasteiger partial charge in [-0.1, -0.05) is 35.9 Å². The molecule has 0 radical (unpaired) electrons. The average Bonchev–Trinajstić information content (AvgIpc) is 3.29. The van der Waals surface area contributed by atoms with Gasteiger partial charge in [-0.3, -0.25) is 9.59 Å². The van der Waals surface area contributed by atoms with E-state index in [1.54, 1.807) is 13.2 Å². The van der Waals surface area contributed by atoms with Gasteiger partial charge in [0.05, 0.1) is 18.4 Å². The molecule has 0 spiro atoms. The Bertz CT molecular complexity index is 970. The van der Waals surface area contributed by atoms with Crippen LogP contribution in [0.15, 0.2) is 48.2 Å². The highest BCUT2D eigenvalue weighted by atomic mass is 16.5. The van der Waals surface area contributed by atoms with Crippen molar-refractivity contribution < 1.29 is 14.3 Å². The first kappa shape index (κ1) is 18.3. The molecule has 0 aromatic heterocycles. The van der Waals surface area contributed by atoms with Crippen molar-refractivity contribution in [2.45, 2.75) is 26.7 Å². The smallest absolute Gasteiger partial charge is 0.282 e. The van der Waals surface area contributed by atoms with Crippen molar-refractivity contribution in [3.05, 3.63) is 64.9 Å². The Kier molecular flexibility index (Phi) is 4.67. The quantitative estimate of drug-likeness (QED) is 0.764. The van der Waals surface area contributed by atoms with Gasteiger partial charge in [-0.15, -0.1) is 0 Å². The van der Waals surface area contributed by atoms with E-state index in [1.165, 1.54) is 4.90 Å². The molecule has 1 saturated heterocycles. The van der Waals surface area contributed by atoms with Crippen LogP contribution in [0.4, 0.5) is 5.69 Å². The molecule has 0 aliphatic carbocycles. The number of benzene rings is 2. The van der Waals surface area contributed by atoms with Crippen LogP contribution in [0.3, 0.4) is 0 Å². The Morgan fingerprint density at radius 2 is 1.50 bits per heavy atom. The first-order valence-electron chi connectivity index (χ1n) is 9.61. The summed E-state index contributed by atoms with van der Waals surface area (Å²) in [5.41, 5.74) is 4.34. The van der Waals surface area contributed by atoms with E-state index in [9.17, 15) is 9.59 Å². The molecule has 2 amide bonds. The Balaban J connectivity index is 1.86. The maximum absolute atomic E-state index is 13.5. The first-order valence-corrected chi connectivity index (χ1v) is 9.61. The van der Waals surface area contributed by atoms with Crippen molar-refractivity contribution in [1.82, 2.24) is 4.90 Å². The van der Waals surface area contributed by atoms with Gasteiger partial charge >= 0.3 is 0 Å². The van der Waals surface area contributed by atoms with E-state index >= 15 is 0 Å². The van der Waals surface area contributed by atoms with Crippen molar-refractivity contribution >= 4 is 23.1 Å². The molecule has 2 aromatic rings. The van der Waals surface area contributed by atoms with Gasteiger partial charge in [-0.2, -0.15) is 0 Å². The molecule has 5 heteroatoms. The normalized spacial score (nSPS) is 17.1. The van der Waals surface area contributed by atoms with Crippen molar-refractivity contribution in [2.24, 2.45) is 0 Å². The highest BCUT2D eigenvalue weighted by Gasteiger charge is 2.43. The number of amides is 2. The van der Waals surface area contributed by atoms with Crippen LogP contribution in [-0.4, -0.2) is 36.9 Å². The molecule has 0 bridgehead atoms. The minimum atomic E-state index is -0.292. The molecule has 0 atom stereocenters. The molecule has 2 aliphatic rings. The van der Waals surface area contributed by atoms with E-state index in [-0.39, 0.29) is 11.8 Å². The second-order valence-corrected chi connectivity index (χ2v) is 7.40. The van der Waals surface area contributed by atoms with E-state index < -0.39 is 0 Å². The number of ether oxygens (including phenoxy) is 1. The SMILES string of the molecule is COc1ccc(C)cc1N1C(=O)C(c2ccc(C)cc2)=C(N2CCCC2)C1=O. The number of likely N-dealkylation sites (tertiary alicyclic amines) is 1. The molecule has 2 heterocycles. The molecular formula is C23H24N2O3. The molecule has 28 heavy (non-hydrogen) atoms. The standard InChI is InChI=1S/C23H24N2O3/c1-15-6-9-17(10-7-15)20-21(24-12-4-5-13-24)23(27)25(22(20)26)18-14-16(2)8-11-19(18)28-3/h6-11,14H,4-5,12-13H2,1-3H3. The fourth-order valence-electron chi connectivity index (χ4n) is 3.93. The summed E-state index contributed by atoms with van der Waals surface area (Å²) >= 11 is 0. The molecule has 0 unspecified atom stereocenters. The largest absolute Gasteiger partial charge is 0.495 e. The van der Waals surface area contributed by atoms with Gasteiger partial charge in [0.2, 0.25) is 0 Å². The van der Waals surface area contributed by atoms with Gasteiger partial charge in [0.25, 0.3) is 11.8 Å². The fourth-order valence-corrected chi connectivity index (χ4v) is 3.93. The second kappa shape index (κ2) is 7.15. The van der Waals surface area contributed by atoms with E-state index in [0.717, 1.165) is 42.6 Å². The summed E-state index contributed by atoms with van der Waals surface area (Å²) in [6.07, 6.45) is 2.06. The molecule has 1 fully saturated rings. The summed E-state index contributed by atoms with van der Waals surface area (Å²) in [6.45, 7) is 5.53. The number of rotatable bonds is 4. The fraction of sp³-hybridized carbons (Fsp3) is 0.304. The summed E-state index contributed by atoms with van der Waals surface area (Å²) in [4.78, 5) is 30.3. The third-order valence-electron chi connectivity index (χ3n) is 5.40. The van der Waals surface area contributed by atoms with Crippen LogP contribution in [0.5, 0.6) is 5.75 Å². The predicted octanol–water partition coefficient (Wildman–Crippen LogP) is 3.69. The van der Waals surface area contributed by atoms with Gasteiger partial charge in [0, 0.05) is 13.1 Å². The van der Waals surface area contributed by atoms with Crippen molar-refractivity contribution in [3.8, 4) is 5.75 Å². The summed E-state index contributed by atoms with van der Waals surface area (Å²) < 4.78 is 5.45. The number of hydrogen-bond donors (Lipinski definition) is 0. The molecule has 144 valence electrons. The average molecular weight is 376 g/mol. The monoisotopic (exact) mass is 376 g/mol. The Morgan fingerprint density at radius 1 is 0.857 bits per heavy atom. The van der Waals surface area contributed by atoms with Crippen LogP contribution in [-0.2, 0) is 9.59 Å².